The molecule has 0 radical (unpaired) electrons. The Balaban J connectivity index is 0.811. The maximum Gasteiger partial charge on any atom is 0.297 e. The molecule has 6 atom stereocenters. The van der Waals surface area contributed by atoms with Crippen molar-refractivity contribution in [3.8, 4) is 17.2 Å². The van der Waals surface area contributed by atoms with Crippen LogP contribution in [0.5, 0.6) is 17.2 Å². The Morgan fingerprint density at radius 2 is 1.81 bits per heavy atom. The first-order chi connectivity index (χ1) is 33.0. The lowest BCUT2D eigenvalue weighted by atomic mass is 9.70. The normalized spacial score (nSPS) is 28.3. The minimum absolute atomic E-state index is 0.0177. The molecule has 6 aliphatic rings. The predicted molar refractivity (Wildman–Crippen MR) is 258 cm³/mol. The summed E-state index contributed by atoms with van der Waals surface area (Å²) in [5.41, 5.74) is 2.89. The second-order valence-electron chi connectivity index (χ2n) is 21.1. The van der Waals surface area contributed by atoms with Crippen LogP contribution in [0.1, 0.15) is 99.0 Å². The summed E-state index contributed by atoms with van der Waals surface area (Å²) in [6.45, 7) is 10.2. The van der Waals surface area contributed by atoms with Crippen LogP contribution in [0.3, 0.4) is 0 Å². The number of sulfonamides is 1. The van der Waals surface area contributed by atoms with Gasteiger partial charge in [0.1, 0.15) is 29.6 Å². The van der Waals surface area contributed by atoms with E-state index >= 15 is 0 Å². The quantitative estimate of drug-likeness (QED) is 0.0567. The summed E-state index contributed by atoms with van der Waals surface area (Å²) in [4.78, 5) is 39.9. The number of likely N-dealkylation sites (N-methyl/N-ethyl adjacent to an activating group) is 1. The molecule has 6 heterocycles. The number of carbonyl (C=O) groups excluding carboxylic acids is 1. The van der Waals surface area contributed by atoms with Crippen LogP contribution < -0.4 is 24.4 Å². The highest BCUT2D eigenvalue weighted by Gasteiger charge is 2.62. The molecule has 2 saturated carbocycles. The summed E-state index contributed by atoms with van der Waals surface area (Å²) in [5, 5.41) is 26.3. The molecule has 364 valence electrons. The fourth-order valence-electron chi connectivity index (χ4n) is 12.4. The number of nitro benzene ring substituents is 1. The SMILES string of the molecule is CC(C)c1ccccc1[C@@H]1C2C(C[C@@H]1N1CC3(CCN(c4ccc(C(=O)NS(=O)(=O)c5cc6c(c([N+](=O)[O-])c5)N[C@@H](C5CCC(C)(O)CC5)CO6)c(Oc5cnc6[nH]cc(F)c6c5)c4)CC3)C1)N2C. The lowest BCUT2D eigenvalue weighted by Crippen LogP contribution is -2.64. The van der Waals surface area contributed by atoms with Crippen LogP contribution in [0.25, 0.3) is 11.0 Å². The zero-order valence-corrected chi connectivity index (χ0v) is 40.1. The largest absolute Gasteiger partial charge is 0.489 e. The van der Waals surface area contributed by atoms with E-state index in [2.05, 4.69) is 79.9 Å². The third kappa shape index (κ3) is 8.35. The van der Waals surface area contributed by atoms with Gasteiger partial charge in [-0.2, -0.15) is 0 Å². The number of amides is 1. The van der Waals surface area contributed by atoms with Crippen molar-refractivity contribution in [2.75, 3.05) is 50.1 Å². The van der Waals surface area contributed by atoms with Gasteiger partial charge in [-0.25, -0.2) is 22.5 Å². The number of hydrogen-bond acceptors (Lipinski definition) is 13. The molecular formula is C51H59FN8O8S. The van der Waals surface area contributed by atoms with Crippen LogP contribution >= 0.6 is 0 Å². The van der Waals surface area contributed by atoms with Crippen molar-refractivity contribution < 1.29 is 37.1 Å². The number of carbonyl (C=O) groups is 1. The maximum absolute atomic E-state index is 14.7. The van der Waals surface area contributed by atoms with E-state index in [-0.39, 0.29) is 57.9 Å². The van der Waals surface area contributed by atoms with Crippen LogP contribution in [0.15, 0.2) is 78.0 Å². The molecule has 16 nitrogen and oxygen atoms in total. The van der Waals surface area contributed by atoms with Crippen LogP contribution in [0.4, 0.5) is 21.5 Å². The van der Waals surface area contributed by atoms with Crippen LogP contribution in [-0.2, 0) is 10.0 Å². The van der Waals surface area contributed by atoms with E-state index in [9.17, 15) is 32.8 Å². The van der Waals surface area contributed by atoms with Crippen molar-refractivity contribution in [3.63, 3.8) is 0 Å². The van der Waals surface area contributed by atoms with Gasteiger partial charge in [-0.05, 0) is 105 Å². The van der Waals surface area contributed by atoms with Gasteiger partial charge in [-0.3, -0.25) is 24.7 Å². The van der Waals surface area contributed by atoms with E-state index < -0.39 is 42.9 Å². The Morgan fingerprint density at radius 3 is 2.55 bits per heavy atom. The first-order valence-electron chi connectivity index (χ1n) is 24.2. The highest BCUT2D eigenvalue weighted by Crippen LogP contribution is 2.56. The number of anilines is 2. The topological polar surface area (TPSA) is 195 Å². The molecular weight excluding hydrogens is 904 g/mol. The summed E-state index contributed by atoms with van der Waals surface area (Å²) in [6, 6.07) is 19.0. The van der Waals surface area contributed by atoms with Crippen LogP contribution in [0.2, 0.25) is 0 Å². The summed E-state index contributed by atoms with van der Waals surface area (Å²) in [5.74, 6) is -0.418. The number of rotatable bonds is 11. The molecule has 18 heteroatoms. The number of nitrogens with one attached hydrogen (secondary N) is 3. The van der Waals surface area contributed by atoms with E-state index in [1.165, 1.54) is 48.1 Å². The fraction of sp³-hybridized carbons (Fsp3) is 0.490. The Bertz CT molecular complexity index is 2960. The zero-order valence-electron chi connectivity index (χ0n) is 39.3. The van der Waals surface area contributed by atoms with E-state index in [1.54, 1.807) is 19.1 Å². The number of piperidine rings is 2. The molecule has 3 saturated heterocycles. The summed E-state index contributed by atoms with van der Waals surface area (Å²) in [6.07, 6.45) is 8.29. The Morgan fingerprint density at radius 1 is 1.06 bits per heavy atom. The first-order valence-corrected chi connectivity index (χ1v) is 25.7. The smallest absolute Gasteiger partial charge is 0.297 e. The molecule has 3 aromatic carbocycles. The van der Waals surface area contributed by atoms with Crippen molar-refractivity contribution >= 4 is 44.0 Å². The lowest BCUT2D eigenvalue weighted by Gasteiger charge is -2.57. The van der Waals surface area contributed by atoms with Gasteiger partial charge in [0.05, 0.1) is 38.6 Å². The third-order valence-electron chi connectivity index (χ3n) is 16.4. The van der Waals surface area contributed by atoms with Gasteiger partial charge >= 0.3 is 0 Å². The summed E-state index contributed by atoms with van der Waals surface area (Å²) < 4.78 is 57.0. The number of halogens is 1. The third-order valence-corrected chi connectivity index (χ3v) is 17.7. The monoisotopic (exact) mass is 962 g/mol. The second kappa shape index (κ2) is 16.9. The number of nitro groups is 1. The standard InChI is InChI=1S/C51H59FN8O8S/c1-29(2)34-7-5-6-8-35(34)45-40(23-42-47(45)57(42)4)59-27-51(28-59)15-17-58(18-16-51)31-9-10-36(43(19-31)68-32-20-37-38(52)25-54-48(37)53-24-32)49(61)56-69(65,66)33-21-41(60(63)64)46-44(22-33)67-26-39(55-46)30-11-13-50(3,62)14-12-30/h5-10,19-22,24-25,29-30,39-40,42,45,47,55,62H,11-18,23,26-28H2,1-4H3,(H,53,54)(H,56,61)/t30?,39-,40+,42?,45+,47?,50?,57?/m1/s1. The van der Waals surface area contributed by atoms with Gasteiger partial charge in [0.25, 0.3) is 21.6 Å². The number of H-pyrrole nitrogens is 1. The number of likely N-dealkylation sites (tertiary alicyclic amines) is 2. The number of nitrogens with zero attached hydrogens (tertiary/aromatic N) is 5. The number of benzene rings is 3. The summed E-state index contributed by atoms with van der Waals surface area (Å²) in [7, 11) is -2.46. The number of ether oxygens (including phenoxy) is 2. The summed E-state index contributed by atoms with van der Waals surface area (Å²) >= 11 is 0. The lowest BCUT2D eigenvalue weighted by molar-refractivity contribution is -0.384. The van der Waals surface area contributed by atoms with E-state index in [1.807, 2.05) is 0 Å². The first kappa shape index (κ1) is 45.6. The number of pyridine rings is 1. The highest BCUT2D eigenvalue weighted by molar-refractivity contribution is 7.90. The number of aliphatic hydroxyl groups is 1. The minimum Gasteiger partial charge on any atom is -0.489 e. The Hall–Kier alpha value is -5.82. The number of aromatic nitrogens is 2. The van der Waals surface area contributed by atoms with Gasteiger partial charge in [-0.15, -0.1) is 0 Å². The molecule has 5 fully saturated rings. The molecule has 1 spiro atoms. The maximum atomic E-state index is 14.7. The van der Waals surface area contributed by atoms with E-state index in [4.69, 9.17) is 9.47 Å². The van der Waals surface area contributed by atoms with Crippen LogP contribution in [-0.4, -0.2) is 114 Å². The zero-order chi connectivity index (χ0) is 48.1. The molecule has 0 bridgehead atoms. The molecule has 11 rings (SSSR count). The van der Waals surface area contributed by atoms with Crippen molar-refractivity contribution in [2.24, 2.45) is 11.3 Å². The number of hydrogen-bond donors (Lipinski definition) is 4. The average molecular weight is 963 g/mol. The van der Waals surface area contributed by atoms with Crippen molar-refractivity contribution in [3.05, 3.63) is 106 Å². The Labute approximate surface area is 400 Å². The van der Waals surface area contributed by atoms with Crippen molar-refractivity contribution in [2.45, 2.75) is 112 Å². The fourth-order valence-corrected chi connectivity index (χ4v) is 13.4. The average Bonchev–Trinajstić information content (AvgIpc) is 3.56. The molecule has 4 N–H and O–H groups in total. The van der Waals surface area contributed by atoms with Crippen LogP contribution in [0, 0.1) is 27.3 Å². The molecule has 3 unspecified atom stereocenters. The van der Waals surface area contributed by atoms with Gasteiger partial charge in [0.15, 0.2) is 11.4 Å². The molecule has 5 aromatic rings. The van der Waals surface area contributed by atoms with Gasteiger partial charge in [0.2, 0.25) is 0 Å². The Kier molecular flexibility index (Phi) is 11.2. The van der Waals surface area contributed by atoms with E-state index in [0.717, 1.165) is 50.8 Å². The predicted octanol–water partition coefficient (Wildman–Crippen LogP) is 7.90. The molecule has 4 aliphatic heterocycles. The number of fused-ring (bicyclic) bond motifs is 3. The van der Waals surface area contributed by atoms with Gasteiger partial charge < -0.3 is 29.8 Å². The van der Waals surface area contributed by atoms with Gasteiger partial charge in [-0.1, -0.05) is 38.1 Å². The second-order valence-corrected chi connectivity index (χ2v) is 22.8. The minimum atomic E-state index is -4.72. The molecule has 2 aliphatic carbocycles. The van der Waals surface area contributed by atoms with Gasteiger partial charge in [0, 0.05) is 80.3 Å². The molecule has 2 aromatic heterocycles. The van der Waals surface area contributed by atoms with E-state index in [0.29, 0.717) is 61.3 Å². The van der Waals surface area contributed by atoms with Crippen molar-refractivity contribution in [1.29, 1.82) is 0 Å². The number of aromatic amines is 1. The highest BCUT2D eigenvalue weighted by atomic mass is 32.2. The van der Waals surface area contributed by atoms with Crippen molar-refractivity contribution in [1.82, 2.24) is 24.5 Å². The molecule has 1 amide bonds. The molecule has 69 heavy (non-hydrogen) atoms.